The van der Waals surface area contributed by atoms with E-state index >= 15 is 0 Å². The van der Waals surface area contributed by atoms with Gasteiger partial charge in [-0.15, -0.1) is 0 Å². The summed E-state index contributed by atoms with van der Waals surface area (Å²) in [5.41, 5.74) is 0. The van der Waals surface area contributed by atoms with E-state index in [2.05, 4.69) is 13.8 Å². The van der Waals surface area contributed by atoms with E-state index < -0.39 is 6.10 Å². The molecule has 1 N–H and O–H groups in total. The van der Waals surface area contributed by atoms with Crippen molar-refractivity contribution < 1.29 is 9.90 Å². The smallest absolute Gasteiger partial charge is 0.164 e. The Hall–Kier alpha value is -0.370. The molecule has 0 spiro atoms. The molecule has 2 fully saturated rings. The van der Waals surface area contributed by atoms with Crippen LogP contribution in [0.25, 0.3) is 0 Å². The molecule has 0 amide bonds. The summed E-state index contributed by atoms with van der Waals surface area (Å²) < 4.78 is 0. The second-order valence-electron chi connectivity index (χ2n) is 6.71. The minimum atomic E-state index is -0.670. The number of aliphatic hydroxyl groups is 1. The van der Waals surface area contributed by atoms with Crippen LogP contribution < -0.4 is 0 Å². The van der Waals surface area contributed by atoms with Crippen molar-refractivity contribution in [2.45, 2.75) is 71.3 Å². The van der Waals surface area contributed by atoms with Gasteiger partial charge in [-0.3, -0.25) is 4.79 Å². The molecule has 0 aromatic heterocycles. The van der Waals surface area contributed by atoms with Gasteiger partial charge >= 0.3 is 0 Å². The van der Waals surface area contributed by atoms with E-state index in [0.29, 0.717) is 5.92 Å². The van der Waals surface area contributed by atoms with Crippen LogP contribution in [0.5, 0.6) is 0 Å². The van der Waals surface area contributed by atoms with Gasteiger partial charge in [-0.25, -0.2) is 0 Å². The Kier molecular flexibility index (Phi) is 4.83. The number of carbonyl (C=O) groups is 1. The van der Waals surface area contributed by atoms with Crippen LogP contribution in [-0.4, -0.2) is 17.0 Å². The Bertz CT molecular complexity index is 277. The Morgan fingerprint density at radius 2 is 1.67 bits per heavy atom. The van der Waals surface area contributed by atoms with Gasteiger partial charge in [-0.1, -0.05) is 33.1 Å². The third-order valence-electron chi connectivity index (χ3n) is 5.39. The molecule has 2 aliphatic carbocycles. The van der Waals surface area contributed by atoms with E-state index in [0.717, 1.165) is 38.0 Å². The number of hydrogen-bond donors (Lipinski definition) is 1. The van der Waals surface area contributed by atoms with Gasteiger partial charge in [0.1, 0.15) is 6.10 Å². The number of rotatable bonds is 3. The van der Waals surface area contributed by atoms with E-state index in [4.69, 9.17) is 0 Å². The van der Waals surface area contributed by atoms with Crippen LogP contribution in [-0.2, 0) is 4.79 Å². The lowest BCUT2D eigenvalue weighted by molar-refractivity contribution is -0.136. The van der Waals surface area contributed by atoms with E-state index in [-0.39, 0.29) is 17.6 Å². The molecule has 4 atom stereocenters. The fourth-order valence-corrected chi connectivity index (χ4v) is 3.73. The van der Waals surface area contributed by atoms with Crippen LogP contribution in [0, 0.1) is 23.7 Å². The highest BCUT2D eigenvalue weighted by Crippen LogP contribution is 2.36. The van der Waals surface area contributed by atoms with Gasteiger partial charge in [0.05, 0.1) is 0 Å². The van der Waals surface area contributed by atoms with Gasteiger partial charge in [0.2, 0.25) is 0 Å². The lowest BCUT2D eigenvalue weighted by Gasteiger charge is -2.34. The van der Waals surface area contributed by atoms with Gasteiger partial charge in [0.15, 0.2) is 5.78 Å². The highest BCUT2D eigenvalue weighted by atomic mass is 16.3. The van der Waals surface area contributed by atoms with Crippen LogP contribution >= 0.6 is 0 Å². The first-order valence-corrected chi connectivity index (χ1v) is 7.81. The molecule has 0 bridgehead atoms. The third kappa shape index (κ3) is 3.14. The maximum Gasteiger partial charge on any atom is 0.164 e. The van der Waals surface area contributed by atoms with Crippen LogP contribution in [0.1, 0.15) is 65.2 Å². The Morgan fingerprint density at radius 1 is 1.00 bits per heavy atom. The Balaban J connectivity index is 1.89. The van der Waals surface area contributed by atoms with Crippen molar-refractivity contribution in [3.8, 4) is 0 Å². The maximum atomic E-state index is 12.4. The van der Waals surface area contributed by atoms with Crippen molar-refractivity contribution in [2.24, 2.45) is 23.7 Å². The monoisotopic (exact) mass is 252 g/mol. The van der Waals surface area contributed by atoms with E-state index in [1.165, 1.54) is 19.3 Å². The molecule has 0 aromatic rings. The summed E-state index contributed by atoms with van der Waals surface area (Å²) in [6.07, 6.45) is 8.20. The quantitative estimate of drug-likeness (QED) is 0.833. The standard InChI is InChI=1S/C16H28O2/c1-11-8-9-14(10-12(11)2)16(18)15(17)13-6-4-3-5-7-13/h11-15,17H,3-10H2,1-2H3. The van der Waals surface area contributed by atoms with E-state index in [1.54, 1.807) is 0 Å². The van der Waals surface area contributed by atoms with Crippen molar-refractivity contribution in [3.63, 3.8) is 0 Å². The van der Waals surface area contributed by atoms with Gasteiger partial charge in [0.25, 0.3) is 0 Å². The average Bonchev–Trinajstić information content (AvgIpc) is 2.41. The Labute approximate surface area is 111 Å². The molecule has 104 valence electrons. The number of hydrogen-bond acceptors (Lipinski definition) is 2. The molecule has 0 radical (unpaired) electrons. The zero-order valence-electron chi connectivity index (χ0n) is 11.9. The molecular weight excluding hydrogens is 224 g/mol. The lowest BCUT2D eigenvalue weighted by atomic mass is 9.71. The van der Waals surface area contributed by atoms with Crippen LogP contribution in [0.4, 0.5) is 0 Å². The normalized spacial score (nSPS) is 36.3. The number of ketones is 1. The molecule has 0 aromatic carbocycles. The first-order chi connectivity index (χ1) is 8.59. The first-order valence-electron chi connectivity index (χ1n) is 7.81. The molecule has 0 saturated heterocycles. The van der Waals surface area contributed by atoms with Gasteiger partial charge in [-0.05, 0) is 49.9 Å². The fourth-order valence-electron chi connectivity index (χ4n) is 3.73. The summed E-state index contributed by atoms with van der Waals surface area (Å²) in [5.74, 6) is 1.90. The zero-order chi connectivity index (χ0) is 13.1. The second kappa shape index (κ2) is 6.18. The predicted octanol–water partition coefficient (Wildman–Crippen LogP) is 3.57. The molecule has 0 aliphatic heterocycles. The van der Waals surface area contributed by atoms with Crippen molar-refractivity contribution in [3.05, 3.63) is 0 Å². The number of aliphatic hydroxyl groups excluding tert-OH is 1. The Morgan fingerprint density at radius 3 is 2.28 bits per heavy atom. The summed E-state index contributed by atoms with van der Waals surface area (Å²) in [5, 5.41) is 10.3. The van der Waals surface area contributed by atoms with Crippen LogP contribution in [0.3, 0.4) is 0 Å². The van der Waals surface area contributed by atoms with Gasteiger partial charge in [-0.2, -0.15) is 0 Å². The van der Waals surface area contributed by atoms with Crippen LogP contribution in [0.2, 0.25) is 0 Å². The topological polar surface area (TPSA) is 37.3 Å². The molecule has 2 heteroatoms. The molecular formula is C16H28O2. The van der Waals surface area contributed by atoms with Crippen molar-refractivity contribution in [1.82, 2.24) is 0 Å². The zero-order valence-corrected chi connectivity index (χ0v) is 11.9. The predicted molar refractivity (Wildman–Crippen MR) is 73.3 cm³/mol. The molecule has 4 unspecified atom stereocenters. The second-order valence-corrected chi connectivity index (χ2v) is 6.71. The average molecular weight is 252 g/mol. The molecule has 2 rings (SSSR count). The molecule has 2 nitrogen and oxygen atoms in total. The van der Waals surface area contributed by atoms with Crippen molar-refractivity contribution >= 4 is 5.78 Å². The highest BCUT2D eigenvalue weighted by Gasteiger charge is 2.35. The first kappa shape index (κ1) is 14.0. The third-order valence-corrected chi connectivity index (χ3v) is 5.39. The summed E-state index contributed by atoms with van der Waals surface area (Å²) in [4.78, 5) is 12.4. The maximum absolute atomic E-state index is 12.4. The minimum Gasteiger partial charge on any atom is -0.385 e. The minimum absolute atomic E-state index is 0.133. The number of Topliss-reactive ketones (excluding diaryl/α,β-unsaturated/α-hetero) is 1. The van der Waals surface area contributed by atoms with Gasteiger partial charge < -0.3 is 5.11 Å². The molecule has 2 saturated carbocycles. The summed E-state index contributed by atoms with van der Waals surface area (Å²) in [6.45, 7) is 4.53. The van der Waals surface area contributed by atoms with Crippen LogP contribution in [0.15, 0.2) is 0 Å². The molecule has 18 heavy (non-hydrogen) atoms. The number of carbonyl (C=O) groups excluding carboxylic acids is 1. The fraction of sp³-hybridized carbons (Fsp3) is 0.938. The SMILES string of the molecule is CC1CCC(C(=O)C(O)C2CCCCC2)CC1C. The summed E-state index contributed by atoms with van der Waals surface area (Å²) in [6, 6.07) is 0. The summed E-state index contributed by atoms with van der Waals surface area (Å²) >= 11 is 0. The van der Waals surface area contributed by atoms with E-state index in [9.17, 15) is 9.90 Å². The van der Waals surface area contributed by atoms with E-state index in [1.807, 2.05) is 0 Å². The highest BCUT2D eigenvalue weighted by molar-refractivity contribution is 5.85. The summed E-state index contributed by atoms with van der Waals surface area (Å²) in [7, 11) is 0. The lowest BCUT2D eigenvalue weighted by Crippen LogP contribution is -2.38. The van der Waals surface area contributed by atoms with Gasteiger partial charge in [0, 0.05) is 5.92 Å². The van der Waals surface area contributed by atoms with Crippen molar-refractivity contribution in [1.29, 1.82) is 0 Å². The van der Waals surface area contributed by atoms with Crippen molar-refractivity contribution in [2.75, 3.05) is 0 Å². The largest absolute Gasteiger partial charge is 0.385 e. The molecule has 2 aliphatic rings. The molecule has 0 heterocycles.